The monoisotopic (exact) mass is 344 g/mol. The minimum Gasteiger partial charge on any atom is -0.461 e. The van der Waals surface area contributed by atoms with Crippen LogP contribution in [0.15, 0.2) is 24.3 Å². The third kappa shape index (κ3) is 4.06. The standard InChI is InChI=1S/C18H20N2O5/c1-4-24-18(23)15-10(2)14(11(3)20-15)17(22)25-9-12-5-7-13(8-6-12)16(19)21/h5-8,20H,4,9H2,1-3H3,(H2,19,21). The molecule has 0 bridgehead atoms. The number of nitrogens with one attached hydrogen (secondary N) is 1. The highest BCUT2D eigenvalue weighted by atomic mass is 16.5. The van der Waals surface area contributed by atoms with E-state index in [4.69, 9.17) is 15.2 Å². The Labute approximate surface area is 145 Å². The van der Waals surface area contributed by atoms with E-state index in [1.807, 2.05) is 0 Å². The van der Waals surface area contributed by atoms with E-state index in [0.29, 0.717) is 22.4 Å². The number of carbonyl (C=O) groups is 3. The Kier molecular flexibility index (Phi) is 5.59. The number of aromatic nitrogens is 1. The topological polar surface area (TPSA) is 111 Å². The summed E-state index contributed by atoms with van der Waals surface area (Å²) < 4.78 is 10.3. The molecule has 0 aliphatic carbocycles. The van der Waals surface area contributed by atoms with Crippen LogP contribution in [0.2, 0.25) is 0 Å². The third-order valence-corrected chi connectivity index (χ3v) is 3.73. The van der Waals surface area contributed by atoms with Gasteiger partial charge in [-0.2, -0.15) is 0 Å². The van der Waals surface area contributed by atoms with Crippen molar-refractivity contribution in [3.05, 3.63) is 57.9 Å². The van der Waals surface area contributed by atoms with Crippen LogP contribution in [0.25, 0.3) is 0 Å². The van der Waals surface area contributed by atoms with Crippen LogP contribution in [0, 0.1) is 13.8 Å². The summed E-state index contributed by atoms with van der Waals surface area (Å²) >= 11 is 0. The fraction of sp³-hybridized carbons (Fsp3) is 0.278. The molecule has 0 aliphatic heterocycles. The number of hydrogen-bond acceptors (Lipinski definition) is 5. The van der Waals surface area contributed by atoms with Crippen molar-refractivity contribution >= 4 is 17.8 Å². The van der Waals surface area contributed by atoms with Crippen molar-refractivity contribution in [1.82, 2.24) is 4.98 Å². The minimum atomic E-state index is -0.541. The fourth-order valence-electron chi connectivity index (χ4n) is 2.45. The largest absolute Gasteiger partial charge is 0.461 e. The number of hydrogen-bond donors (Lipinski definition) is 2. The van der Waals surface area contributed by atoms with Crippen molar-refractivity contribution in [2.75, 3.05) is 6.61 Å². The number of amides is 1. The summed E-state index contributed by atoms with van der Waals surface area (Å²) in [5.41, 5.74) is 7.87. The molecule has 0 fully saturated rings. The Morgan fingerprint density at radius 1 is 1.04 bits per heavy atom. The Hall–Kier alpha value is -3.09. The molecule has 0 saturated carbocycles. The molecule has 1 aromatic heterocycles. The van der Waals surface area contributed by atoms with Gasteiger partial charge < -0.3 is 20.2 Å². The number of nitrogens with two attached hydrogens (primary N) is 1. The van der Waals surface area contributed by atoms with Crippen LogP contribution in [0.3, 0.4) is 0 Å². The zero-order valence-corrected chi connectivity index (χ0v) is 14.3. The van der Waals surface area contributed by atoms with Crippen LogP contribution in [-0.4, -0.2) is 29.4 Å². The van der Waals surface area contributed by atoms with Gasteiger partial charge in [-0.3, -0.25) is 4.79 Å². The van der Waals surface area contributed by atoms with Gasteiger partial charge in [-0.05, 0) is 44.0 Å². The normalized spacial score (nSPS) is 10.4. The molecule has 0 unspecified atom stereocenters. The summed E-state index contributed by atoms with van der Waals surface area (Å²) in [6.07, 6.45) is 0. The second-order valence-corrected chi connectivity index (χ2v) is 5.48. The molecule has 132 valence electrons. The quantitative estimate of drug-likeness (QED) is 0.781. The number of ether oxygens (including phenoxy) is 2. The van der Waals surface area contributed by atoms with E-state index in [2.05, 4.69) is 4.98 Å². The second kappa shape index (κ2) is 7.65. The molecule has 2 aromatic rings. The lowest BCUT2D eigenvalue weighted by atomic mass is 10.1. The molecule has 1 amide bonds. The van der Waals surface area contributed by atoms with Gasteiger partial charge >= 0.3 is 11.9 Å². The zero-order chi connectivity index (χ0) is 18.6. The van der Waals surface area contributed by atoms with Crippen LogP contribution >= 0.6 is 0 Å². The predicted molar refractivity (Wildman–Crippen MR) is 90.3 cm³/mol. The Balaban J connectivity index is 2.10. The third-order valence-electron chi connectivity index (χ3n) is 3.73. The van der Waals surface area contributed by atoms with E-state index in [1.54, 1.807) is 45.0 Å². The Bertz CT molecular complexity index is 806. The molecule has 0 saturated heterocycles. The van der Waals surface area contributed by atoms with Gasteiger partial charge in [0.2, 0.25) is 5.91 Å². The van der Waals surface area contributed by atoms with Crippen LogP contribution < -0.4 is 5.73 Å². The van der Waals surface area contributed by atoms with Gasteiger partial charge in [0.1, 0.15) is 12.3 Å². The molecule has 0 spiro atoms. The van der Waals surface area contributed by atoms with Crippen LogP contribution in [0.4, 0.5) is 0 Å². The number of rotatable bonds is 6. The van der Waals surface area contributed by atoms with Gasteiger partial charge in [-0.25, -0.2) is 9.59 Å². The van der Waals surface area contributed by atoms with Gasteiger partial charge in [0, 0.05) is 11.3 Å². The van der Waals surface area contributed by atoms with Gasteiger partial charge in [0.05, 0.1) is 12.2 Å². The molecule has 7 nitrogen and oxygen atoms in total. The Morgan fingerprint density at radius 2 is 1.68 bits per heavy atom. The molecule has 7 heteroatoms. The first-order valence-corrected chi connectivity index (χ1v) is 7.77. The number of aromatic amines is 1. The number of H-pyrrole nitrogens is 1. The summed E-state index contributed by atoms with van der Waals surface area (Å²) in [7, 11) is 0. The smallest absolute Gasteiger partial charge is 0.355 e. The summed E-state index contributed by atoms with van der Waals surface area (Å²) in [6, 6.07) is 6.46. The predicted octanol–water partition coefficient (Wildman–Crippen LogP) is 2.26. The maximum Gasteiger partial charge on any atom is 0.355 e. The highest BCUT2D eigenvalue weighted by Gasteiger charge is 2.23. The van der Waals surface area contributed by atoms with Crippen molar-refractivity contribution in [1.29, 1.82) is 0 Å². The van der Waals surface area contributed by atoms with Gasteiger partial charge in [-0.1, -0.05) is 12.1 Å². The lowest BCUT2D eigenvalue weighted by Crippen LogP contribution is -2.11. The van der Waals surface area contributed by atoms with E-state index in [1.165, 1.54) is 0 Å². The van der Waals surface area contributed by atoms with Crippen LogP contribution in [0.1, 0.15) is 54.9 Å². The van der Waals surface area contributed by atoms with Crippen molar-refractivity contribution in [3.63, 3.8) is 0 Å². The van der Waals surface area contributed by atoms with Gasteiger partial charge in [-0.15, -0.1) is 0 Å². The van der Waals surface area contributed by atoms with Crippen LogP contribution in [0.5, 0.6) is 0 Å². The molecule has 2 rings (SSSR count). The van der Waals surface area contributed by atoms with Crippen molar-refractivity contribution in [3.8, 4) is 0 Å². The van der Waals surface area contributed by atoms with Crippen molar-refractivity contribution in [2.24, 2.45) is 5.73 Å². The Morgan fingerprint density at radius 3 is 2.24 bits per heavy atom. The average Bonchev–Trinajstić information content (AvgIpc) is 2.88. The maximum atomic E-state index is 12.4. The first-order valence-electron chi connectivity index (χ1n) is 7.77. The van der Waals surface area contributed by atoms with Gasteiger partial charge in [0.25, 0.3) is 0 Å². The molecule has 1 heterocycles. The van der Waals surface area contributed by atoms with E-state index in [0.717, 1.165) is 5.56 Å². The minimum absolute atomic E-state index is 0.0384. The van der Waals surface area contributed by atoms with E-state index >= 15 is 0 Å². The van der Waals surface area contributed by atoms with E-state index in [9.17, 15) is 14.4 Å². The molecule has 3 N–H and O–H groups in total. The number of benzene rings is 1. The maximum absolute atomic E-state index is 12.4. The summed E-state index contributed by atoms with van der Waals surface area (Å²) in [6.45, 7) is 5.35. The van der Waals surface area contributed by atoms with E-state index < -0.39 is 17.8 Å². The zero-order valence-electron chi connectivity index (χ0n) is 14.3. The molecule has 0 radical (unpaired) electrons. The fourth-order valence-corrected chi connectivity index (χ4v) is 2.45. The molecule has 25 heavy (non-hydrogen) atoms. The molecular weight excluding hydrogens is 324 g/mol. The molecule has 1 aromatic carbocycles. The lowest BCUT2D eigenvalue weighted by Gasteiger charge is -2.06. The first kappa shape index (κ1) is 18.3. The SMILES string of the molecule is CCOC(=O)c1[nH]c(C)c(C(=O)OCc2ccc(C(N)=O)cc2)c1C. The highest BCUT2D eigenvalue weighted by molar-refractivity contribution is 5.98. The number of aryl methyl sites for hydroxylation is 1. The summed E-state index contributed by atoms with van der Waals surface area (Å²) in [5.74, 6) is -1.57. The lowest BCUT2D eigenvalue weighted by molar-refractivity contribution is 0.0471. The average molecular weight is 344 g/mol. The van der Waals surface area contributed by atoms with Crippen LogP contribution in [-0.2, 0) is 16.1 Å². The first-order chi connectivity index (χ1) is 11.8. The number of carbonyl (C=O) groups excluding carboxylic acids is 3. The molecular formula is C18H20N2O5. The highest BCUT2D eigenvalue weighted by Crippen LogP contribution is 2.20. The van der Waals surface area contributed by atoms with Gasteiger partial charge in [0.15, 0.2) is 0 Å². The molecule has 0 atom stereocenters. The van der Waals surface area contributed by atoms with Crippen molar-refractivity contribution < 1.29 is 23.9 Å². The number of esters is 2. The number of primary amides is 1. The van der Waals surface area contributed by atoms with Crippen molar-refractivity contribution in [2.45, 2.75) is 27.4 Å². The second-order valence-electron chi connectivity index (χ2n) is 5.48. The van der Waals surface area contributed by atoms with E-state index in [-0.39, 0.29) is 18.9 Å². The summed E-state index contributed by atoms with van der Waals surface area (Å²) in [5, 5.41) is 0. The summed E-state index contributed by atoms with van der Waals surface area (Å²) in [4.78, 5) is 38.1. The molecule has 0 aliphatic rings.